The van der Waals surface area contributed by atoms with Crippen LogP contribution in [0.3, 0.4) is 0 Å². The van der Waals surface area contributed by atoms with E-state index in [1.165, 1.54) is 40.3 Å². The van der Waals surface area contributed by atoms with Gasteiger partial charge in [0.1, 0.15) is 33.5 Å². The Hall–Kier alpha value is -11.4. The molecule has 6 heterocycles. The first-order valence-electron chi connectivity index (χ1n) is 30.3. The Morgan fingerprint density at radius 2 is 0.611 bits per heavy atom. The van der Waals surface area contributed by atoms with E-state index in [1.807, 2.05) is 34.8 Å². The highest BCUT2D eigenvalue weighted by molar-refractivity contribution is 7.26. The van der Waals surface area contributed by atoms with Crippen molar-refractivity contribution in [1.82, 2.24) is 0 Å². The first-order valence-corrected chi connectivity index (χ1v) is 31.9. The number of nitrogens with zero attached hydrogens (tertiary/aromatic N) is 2. The fourth-order valence-corrected chi connectivity index (χ4v) is 16.9. The molecule has 20 rings (SSSR count). The number of anilines is 6. The lowest BCUT2D eigenvalue weighted by atomic mass is 9.98. The maximum Gasteiger partial charge on any atom is 0.159 e. The number of furan rings is 4. The van der Waals surface area contributed by atoms with E-state index < -0.39 is 0 Å². The number of hydrogen-bond acceptors (Lipinski definition) is 8. The van der Waals surface area contributed by atoms with Crippen LogP contribution in [0, 0.1) is 0 Å². The molecular formula is C82H46N2O4S2. The summed E-state index contributed by atoms with van der Waals surface area (Å²) in [5.74, 6) is 0. The third kappa shape index (κ3) is 7.31. The number of rotatable bonds is 8. The van der Waals surface area contributed by atoms with Gasteiger partial charge in [-0.3, -0.25) is 0 Å². The van der Waals surface area contributed by atoms with Crippen molar-refractivity contribution in [2.24, 2.45) is 0 Å². The number of para-hydroxylation sites is 4. The van der Waals surface area contributed by atoms with Crippen LogP contribution in [0.25, 0.3) is 161 Å². The summed E-state index contributed by atoms with van der Waals surface area (Å²) < 4.78 is 32.8. The third-order valence-electron chi connectivity index (χ3n) is 18.4. The SMILES string of the molecule is c1ccc(-c2c(N(c3ccc4c(c3)oc3cc5cc6c(cc5cc34)oc3cc(N(c4ccc5c(sc7ccccc75)c4-c4ccccc4)c4cccc5c4oc4ccccc45)ccc36)c3cccc4c3oc3ccccc34)ccc3c2sc2ccccc23)cc1. The highest BCUT2D eigenvalue weighted by atomic mass is 32.1. The van der Waals surface area contributed by atoms with Crippen molar-refractivity contribution >= 4 is 196 Å². The molecule has 14 aromatic carbocycles. The first kappa shape index (κ1) is 49.7. The van der Waals surface area contributed by atoms with Crippen LogP contribution in [0.1, 0.15) is 0 Å². The maximum absolute atomic E-state index is 7.04. The number of hydrogen-bond donors (Lipinski definition) is 0. The maximum atomic E-state index is 7.04. The average molecular weight is 1190 g/mol. The minimum Gasteiger partial charge on any atom is -0.456 e. The molecule has 8 heteroatoms. The van der Waals surface area contributed by atoms with Gasteiger partial charge >= 0.3 is 0 Å². The molecule has 6 nitrogen and oxygen atoms in total. The fraction of sp³-hybridized carbons (Fsp3) is 0. The molecule has 0 aliphatic heterocycles. The van der Waals surface area contributed by atoms with E-state index in [0.717, 1.165) is 155 Å². The second-order valence-electron chi connectivity index (χ2n) is 23.4. The number of benzene rings is 14. The molecular weight excluding hydrogens is 1140 g/mol. The molecule has 6 aromatic heterocycles. The molecule has 0 unspecified atom stereocenters. The van der Waals surface area contributed by atoms with Crippen LogP contribution in [-0.2, 0) is 0 Å². The minimum absolute atomic E-state index is 0.787. The highest BCUT2D eigenvalue weighted by Crippen LogP contribution is 2.54. The molecule has 0 radical (unpaired) electrons. The molecule has 90 heavy (non-hydrogen) atoms. The van der Waals surface area contributed by atoms with Gasteiger partial charge < -0.3 is 27.5 Å². The summed E-state index contributed by atoms with van der Waals surface area (Å²) >= 11 is 3.68. The molecule has 0 atom stereocenters. The Morgan fingerprint density at radius 3 is 1.08 bits per heavy atom. The van der Waals surface area contributed by atoms with Gasteiger partial charge in [0.25, 0.3) is 0 Å². The quantitative estimate of drug-likeness (QED) is 0.151. The zero-order valence-electron chi connectivity index (χ0n) is 47.9. The van der Waals surface area contributed by atoms with Crippen LogP contribution < -0.4 is 9.80 Å². The summed E-state index contributed by atoms with van der Waals surface area (Å²) in [7, 11) is 0. The molecule has 420 valence electrons. The van der Waals surface area contributed by atoms with Crippen LogP contribution in [0.5, 0.6) is 0 Å². The smallest absolute Gasteiger partial charge is 0.159 e. The monoisotopic (exact) mass is 1190 g/mol. The van der Waals surface area contributed by atoms with E-state index in [9.17, 15) is 0 Å². The Bertz CT molecular complexity index is 5990. The Balaban J connectivity index is 0.751. The second kappa shape index (κ2) is 19.0. The van der Waals surface area contributed by atoms with Crippen molar-refractivity contribution in [3.63, 3.8) is 0 Å². The predicted molar refractivity (Wildman–Crippen MR) is 379 cm³/mol. The van der Waals surface area contributed by atoms with E-state index >= 15 is 0 Å². The molecule has 0 aliphatic rings. The van der Waals surface area contributed by atoms with E-state index in [2.05, 4.69) is 277 Å². The van der Waals surface area contributed by atoms with Crippen molar-refractivity contribution in [2.75, 3.05) is 9.80 Å². The van der Waals surface area contributed by atoms with Gasteiger partial charge in [0.2, 0.25) is 0 Å². The molecule has 0 saturated heterocycles. The van der Waals surface area contributed by atoms with E-state index in [0.29, 0.717) is 0 Å². The average Bonchev–Trinajstić information content (AvgIpc) is 1.62. The van der Waals surface area contributed by atoms with Gasteiger partial charge in [-0.15, -0.1) is 22.7 Å². The van der Waals surface area contributed by atoms with Gasteiger partial charge in [0.15, 0.2) is 11.2 Å². The summed E-state index contributed by atoms with van der Waals surface area (Å²) in [6.45, 7) is 0. The standard InChI is InChI=1S/C82H46N2O4S2/c1-3-17-47(18-4-1)77-65(39-37-61-57-23-9-13-31-75(57)89-81(61)77)83(67-27-15-25-59-53-21-7-11-29-69(53)87-79(59)67)51-33-35-55-63-41-49-44-72-64(42-50(49)43-71(63)85-73(55)45-51)56-36-34-52(46-74(56)86-72)84(68-28-16-26-60-54-22-8-12-30-70(54)88-80(60)68)66-40-38-62-58-24-10-14-32-76(58)90-82(62)78(66)48-19-5-2-6-20-48/h1-46H. The van der Waals surface area contributed by atoms with Gasteiger partial charge in [-0.1, -0.05) is 170 Å². The van der Waals surface area contributed by atoms with Gasteiger partial charge in [-0.05, 0) is 119 Å². The number of fused-ring (bicyclic) bond motifs is 19. The summed E-state index contributed by atoms with van der Waals surface area (Å²) in [5.41, 5.74) is 17.0. The Labute approximate surface area is 521 Å². The molecule has 0 saturated carbocycles. The molecule has 0 spiro atoms. The highest BCUT2D eigenvalue weighted by Gasteiger charge is 2.28. The second-order valence-corrected chi connectivity index (χ2v) is 25.5. The van der Waals surface area contributed by atoms with Crippen LogP contribution in [-0.4, -0.2) is 0 Å². The lowest BCUT2D eigenvalue weighted by Gasteiger charge is -2.28. The van der Waals surface area contributed by atoms with Gasteiger partial charge in [-0.25, -0.2) is 0 Å². The van der Waals surface area contributed by atoms with Crippen LogP contribution in [0.15, 0.2) is 297 Å². The molecule has 0 aliphatic carbocycles. The first-order chi connectivity index (χ1) is 44.6. The topological polar surface area (TPSA) is 59.0 Å². The molecule has 0 N–H and O–H groups in total. The summed E-state index contributed by atoms with van der Waals surface area (Å²) in [4.78, 5) is 4.74. The molecule has 0 fully saturated rings. The van der Waals surface area contributed by atoms with Crippen LogP contribution >= 0.6 is 22.7 Å². The largest absolute Gasteiger partial charge is 0.456 e. The Kier molecular flexibility index (Phi) is 10.5. The number of thiophene rings is 2. The zero-order chi connectivity index (χ0) is 58.7. The van der Waals surface area contributed by atoms with Crippen molar-refractivity contribution < 1.29 is 17.7 Å². The van der Waals surface area contributed by atoms with Gasteiger partial charge in [0, 0.05) is 107 Å². The molecule has 20 aromatic rings. The van der Waals surface area contributed by atoms with Gasteiger partial charge in [-0.2, -0.15) is 0 Å². The fourth-order valence-electron chi connectivity index (χ4n) is 14.4. The van der Waals surface area contributed by atoms with Crippen molar-refractivity contribution in [3.8, 4) is 22.3 Å². The van der Waals surface area contributed by atoms with Crippen molar-refractivity contribution in [2.45, 2.75) is 0 Å². The van der Waals surface area contributed by atoms with Crippen LogP contribution in [0.4, 0.5) is 34.1 Å². The van der Waals surface area contributed by atoms with E-state index in [4.69, 9.17) is 17.7 Å². The Morgan fingerprint density at radius 1 is 0.233 bits per heavy atom. The van der Waals surface area contributed by atoms with Crippen molar-refractivity contribution in [1.29, 1.82) is 0 Å². The summed E-state index contributed by atoms with van der Waals surface area (Å²) in [6.07, 6.45) is 0. The van der Waals surface area contributed by atoms with E-state index in [-0.39, 0.29) is 0 Å². The molecule has 0 amide bonds. The minimum atomic E-state index is 0.787. The van der Waals surface area contributed by atoms with Crippen molar-refractivity contribution in [3.05, 3.63) is 279 Å². The van der Waals surface area contributed by atoms with E-state index in [1.54, 1.807) is 0 Å². The lowest BCUT2D eigenvalue weighted by molar-refractivity contribution is 0.667. The molecule has 0 bridgehead atoms. The van der Waals surface area contributed by atoms with Crippen LogP contribution in [0.2, 0.25) is 0 Å². The predicted octanol–water partition coefficient (Wildman–Crippen LogP) is 25.4. The summed E-state index contributed by atoms with van der Waals surface area (Å²) in [6, 6.07) is 100.0. The zero-order valence-corrected chi connectivity index (χ0v) is 49.5. The van der Waals surface area contributed by atoms with Gasteiger partial charge in [0.05, 0.1) is 34.1 Å². The lowest BCUT2D eigenvalue weighted by Crippen LogP contribution is -2.11. The normalized spacial score (nSPS) is 12.2. The summed E-state index contributed by atoms with van der Waals surface area (Å²) in [5, 5.41) is 15.5. The third-order valence-corrected chi connectivity index (χ3v) is 20.8.